The number of hydrogen-bond acceptors (Lipinski definition) is 3. The van der Waals surface area contributed by atoms with E-state index < -0.39 is 6.10 Å². The zero-order valence-electron chi connectivity index (χ0n) is 11.3. The number of aliphatic hydroxyl groups excluding tert-OH is 1. The van der Waals surface area contributed by atoms with Crippen LogP contribution in [0, 0.1) is 0 Å². The van der Waals surface area contributed by atoms with Gasteiger partial charge in [0.2, 0.25) is 0 Å². The SMILES string of the molecule is CCn1c(=O)[nH]c2ccc(C(=O)N3CC[C@@H](O)C3)cc21. The first-order valence-corrected chi connectivity index (χ1v) is 6.80. The molecule has 1 aromatic heterocycles. The zero-order chi connectivity index (χ0) is 14.3. The minimum Gasteiger partial charge on any atom is -0.391 e. The number of amides is 1. The van der Waals surface area contributed by atoms with E-state index in [-0.39, 0.29) is 11.6 Å². The molecule has 2 heterocycles. The van der Waals surface area contributed by atoms with Crippen molar-refractivity contribution in [1.29, 1.82) is 0 Å². The number of aromatic amines is 1. The number of β-amino-alcohol motifs (C(OH)–C–C–N with tert-alkyl or cyclic N) is 1. The molecule has 6 heteroatoms. The predicted molar refractivity (Wildman–Crippen MR) is 74.8 cm³/mol. The van der Waals surface area contributed by atoms with Crippen LogP contribution < -0.4 is 5.69 Å². The van der Waals surface area contributed by atoms with E-state index in [9.17, 15) is 14.7 Å². The molecule has 1 aliphatic rings. The summed E-state index contributed by atoms with van der Waals surface area (Å²) in [6.45, 7) is 3.40. The first kappa shape index (κ1) is 12.9. The summed E-state index contributed by atoms with van der Waals surface area (Å²) in [5.41, 5.74) is 1.86. The molecule has 1 fully saturated rings. The summed E-state index contributed by atoms with van der Waals surface area (Å²) in [7, 11) is 0. The highest BCUT2D eigenvalue weighted by molar-refractivity contribution is 5.97. The Bertz CT molecular complexity index is 716. The van der Waals surface area contributed by atoms with Gasteiger partial charge in [0.25, 0.3) is 5.91 Å². The fourth-order valence-corrected chi connectivity index (χ4v) is 2.71. The number of aliphatic hydroxyl groups is 1. The van der Waals surface area contributed by atoms with E-state index in [2.05, 4.69) is 4.98 Å². The molecule has 2 N–H and O–H groups in total. The monoisotopic (exact) mass is 275 g/mol. The number of nitrogens with zero attached hydrogens (tertiary/aromatic N) is 2. The van der Waals surface area contributed by atoms with E-state index in [1.807, 2.05) is 6.92 Å². The van der Waals surface area contributed by atoms with Gasteiger partial charge in [-0.25, -0.2) is 4.79 Å². The Balaban J connectivity index is 2.00. The fraction of sp³-hybridized carbons (Fsp3) is 0.429. The number of aromatic nitrogens is 2. The van der Waals surface area contributed by atoms with Crippen LogP contribution in [0.25, 0.3) is 11.0 Å². The Morgan fingerprint density at radius 3 is 2.95 bits per heavy atom. The number of carbonyl (C=O) groups is 1. The van der Waals surface area contributed by atoms with Crippen LogP contribution >= 0.6 is 0 Å². The molecule has 106 valence electrons. The van der Waals surface area contributed by atoms with Crippen LogP contribution in [0.15, 0.2) is 23.0 Å². The highest BCUT2D eigenvalue weighted by Crippen LogP contribution is 2.17. The van der Waals surface area contributed by atoms with Crippen molar-refractivity contribution in [3.05, 3.63) is 34.2 Å². The summed E-state index contributed by atoms with van der Waals surface area (Å²) in [5, 5.41) is 9.51. The molecule has 1 amide bonds. The minimum atomic E-state index is -0.427. The average molecular weight is 275 g/mol. The molecule has 0 aliphatic carbocycles. The topological polar surface area (TPSA) is 78.3 Å². The number of nitrogens with one attached hydrogen (secondary N) is 1. The van der Waals surface area contributed by atoms with Crippen molar-refractivity contribution < 1.29 is 9.90 Å². The summed E-state index contributed by atoms with van der Waals surface area (Å²) in [6.07, 6.45) is 0.196. The average Bonchev–Trinajstić information content (AvgIpc) is 2.99. The van der Waals surface area contributed by atoms with Crippen LogP contribution in [0.5, 0.6) is 0 Å². The molecule has 1 atom stereocenters. The Morgan fingerprint density at radius 1 is 1.50 bits per heavy atom. The number of aryl methyl sites for hydroxylation is 1. The molecule has 20 heavy (non-hydrogen) atoms. The van der Waals surface area contributed by atoms with Crippen LogP contribution in [-0.2, 0) is 6.54 Å². The number of rotatable bonds is 2. The number of hydrogen-bond donors (Lipinski definition) is 2. The molecule has 0 unspecified atom stereocenters. The van der Waals surface area contributed by atoms with Crippen molar-refractivity contribution in [3.63, 3.8) is 0 Å². The van der Waals surface area contributed by atoms with Gasteiger partial charge in [0.05, 0.1) is 17.1 Å². The van der Waals surface area contributed by atoms with Gasteiger partial charge in [-0.15, -0.1) is 0 Å². The lowest BCUT2D eigenvalue weighted by Crippen LogP contribution is -2.29. The Hall–Kier alpha value is -2.08. The maximum absolute atomic E-state index is 12.4. The lowest BCUT2D eigenvalue weighted by molar-refractivity contribution is 0.0765. The lowest BCUT2D eigenvalue weighted by Gasteiger charge is -2.15. The maximum Gasteiger partial charge on any atom is 0.326 e. The van der Waals surface area contributed by atoms with E-state index in [1.54, 1.807) is 27.7 Å². The van der Waals surface area contributed by atoms with Crippen molar-refractivity contribution in [2.24, 2.45) is 0 Å². The van der Waals surface area contributed by atoms with Crippen LogP contribution in [0.1, 0.15) is 23.7 Å². The van der Waals surface area contributed by atoms with Crippen molar-refractivity contribution in [2.45, 2.75) is 26.0 Å². The van der Waals surface area contributed by atoms with Gasteiger partial charge in [-0.2, -0.15) is 0 Å². The van der Waals surface area contributed by atoms with Crippen molar-refractivity contribution in [3.8, 4) is 0 Å². The van der Waals surface area contributed by atoms with E-state index in [1.165, 1.54) is 0 Å². The van der Waals surface area contributed by atoms with Gasteiger partial charge in [-0.05, 0) is 31.5 Å². The van der Waals surface area contributed by atoms with Crippen LogP contribution in [-0.4, -0.2) is 44.7 Å². The predicted octanol–water partition coefficient (Wildman–Crippen LogP) is 0.556. The Morgan fingerprint density at radius 2 is 2.30 bits per heavy atom. The van der Waals surface area contributed by atoms with Crippen molar-refractivity contribution in [1.82, 2.24) is 14.5 Å². The Labute approximate surface area is 115 Å². The van der Waals surface area contributed by atoms with Crippen molar-refractivity contribution in [2.75, 3.05) is 13.1 Å². The van der Waals surface area contributed by atoms with E-state index >= 15 is 0 Å². The number of imidazole rings is 1. The molecule has 0 saturated carbocycles. The summed E-state index contributed by atoms with van der Waals surface area (Å²) in [4.78, 5) is 28.5. The quantitative estimate of drug-likeness (QED) is 0.840. The van der Waals surface area contributed by atoms with Gasteiger partial charge in [0.15, 0.2) is 0 Å². The Kier molecular flexibility index (Phi) is 3.10. The normalized spacial score (nSPS) is 18.9. The largest absolute Gasteiger partial charge is 0.391 e. The smallest absolute Gasteiger partial charge is 0.326 e. The first-order valence-electron chi connectivity index (χ1n) is 6.80. The van der Waals surface area contributed by atoms with E-state index in [0.29, 0.717) is 31.6 Å². The fourth-order valence-electron chi connectivity index (χ4n) is 2.71. The van der Waals surface area contributed by atoms with Crippen LogP contribution in [0.2, 0.25) is 0 Å². The molecule has 0 spiro atoms. The van der Waals surface area contributed by atoms with E-state index in [4.69, 9.17) is 0 Å². The third-order valence-corrected chi connectivity index (χ3v) is 3.79. The van der Waals surface area contributed by atoms with Gasteiger partial charge in [-0.1, -0.05) is 0 Å². The highest BCUT2D eigenvalue weighted by atomic mass is 16.3. The highest BCUT2D eigenvalue weighted by Gasteiger charge is 2.25. The zero-order valence-corrected chi connectivity index (χ0v) is 11.3. The minimum absolute atomic E-state index is 0.0975. The van der Waals surface area contributed by atoms with Gasteiger partial charge in [0, 0.05) is 25.2 Å². The maximum atomic E-state index is 12.4. The molecule has 1 saturated heterocycles. The summed E-state index contributed by atoms with van der Waals surface area (Å²) in [6, 6.07) is 5.21. The molecule has 3 rings (SSSR count). The second-order valence-electron chi connectivity index (χ2n) is 5.10. The summed E-state index contributed by atoms with van der Waals surface area (Å²) < 4.78 is 1.60. The molecule has 0 bridgehead atoms. The third kappa shape index (κ3) is 2.02. The molecule has 0 radical (unpaired) electrons. The summed E-state index contributed by atoms with van der Waals surface area (Å²) in [5.74, 6) is -0.0975. The molecular weight excluding hydrogens is 258 g/mol. The van der Waals surface area contributed by atoms with Gasteiger partial charge < -0.3 is 15.0 Å². The second-order valence-corrected chi connectivity index (χ2v) is 5.10. The molecule has 1 aliphatic heterocycles. The molecular formula is C14H17N3O3. The summed E-state index contributed by atoms with van der Waals surface area (Å²) >= 11 is 0. The molecule has 1 aromatic carbocycles. The number of likely N-dealkylation sites (tertiary alicyclic amines) is 1. The lowest BCUT2D eigenvalue weighted by atomic mass is 10.1. The van der Waals surface area contributed by atoms with Crippen molar-refractivity contribution >= 4 is 16.9 Å². The number of carbonyl (C=O) groups excluding carboxylic acids is 1. The van der Waals surface area contributed by atoms with Gasteiger partial charge in [0.1, 0.15) is 0 Å². The second kappa shape index (κ2) is 4.79. The van der Waals surface area contributed by atoms with Gasteiger partial charge in [-0.3, -0.25) is 9.36 Å². The number of benzene rings is 1. The van der Waals surface area contributed by atoms with Crippen LogP contribution in [0.4, 0.5) is 0 Å². The number of H-pyrrole nitrogens is 1. The standard InChI is InChI=1S/C14H17N3O3/c1-2-17-12-7-9(3-4-11(12)15-14(17)20)13(19)16-6-5-10(18)8-16/h3-4,7,10,18H,2,5-6,8H2,1H3,(H,15,20)/t10-/m1/s1. The third-order valence-electron chi connectivity index (χ3n) is 3.79. The van der Waals surface area contributed by atoms with E-state index in [0.717, 1.165) is 11.0 Å². The molecule has 2 aromatic rings. The van der Waals surface area contributed by atoms with Crippen LogP contribution in [0.3, 0.4) is 0 Å². The first-order chi connectivity index (χ1) is 9.60. The van der Waals surface area contributed by atoms with Gasteiger partial charge >= 0.3 is 5.69 Å². The number of fused-ring (bicyclic) bond motifs is 1. The molecule has 6 nitrogen and oxygen atoms in total.